The van der Waals surface area contributed by atoms with E-state index in [0.29, 0.717) is 11.7 Å². The predicted molar refractivity (Wildman–Crippen MR) is 254 cm³/mol. The molecule has 8 rings (SSSR count). The zero-order valence-corrected chi connectivity index (χ0v) is 37.7. The molecule has 1 heterocycles. The number of hydrogen-bond acceptors (Lipinski definition) is 3. The highest BCUT2D eigenvalue weighted by atomic mass is 16.2. The molecule has 2 saturated carbocycles. The molecule has 0 radical (unpaired) electrons. The maximum Gasteiger partial charge on any atom is 0.229 e. The number of rotatable bonds is 8. The lowest BCUT2D eigenvalue weighted by Gasteiger charge is -2.23. The molecule has 0 spiro atoms. The molecule has 2 aliphatic rings. The first-order valence-corrected chi connectivity index (χ1v) is 22.2. The van der Waals surface area contributed by atoms with E-state index in [1.807, 2.05) is 30.5 Å². The van der Waals surface area contributed by atoms with Crippen molar-refractivity contribution >= 4 is 23.3 Å². The maximum atomic E-state index is 13.3. The van der Waals surface area contributed by atoms with Crippen molar-refractivity contribution in [2.45, 2.75) is 113 Å². The molecule has 0 aliphatic heterocycles. The summed E-state index contributed by atoms with van der Waals surface area (Å²) < 4.78 is 0. The second-order valence-corrected chi connectivity index (χ2v) is 17.9. The molecule has 5 aromatic carbocycles. The Morgan fingerprint density at radius 2 is 0.934 bits per heavy atom. The zero-order chi connectivity index (χ0) is 43.4. The lowest BCUT2D eigenvalue weighted by molar-refractivity contribution is -0.120. The van der Waals surface area contributed by atoms with Crippen LogP contribution in [0.2, 0.25) is 0 Å². The summed E-state index contributed by atoms with van der Waals surface area (Å²) in [5.74, 6) is 1.51. The molecule has 2 N–H and O–H groups in total. The number of anilines is 2. The van der Waals surface area contributed by atoms with Crippen LogP contribution in [0, 0.1) is 74.1 Å². The van der Waals surface area contributed by atoms with Crippen LogP contribution in [-0.2, 0) is 9.59 Å². The van der Waals surface area contributed by atoms with Crippen molar-refractivity contribution in [2.24, 2.45) is 11.8 Å². The van der Waals surface area contributed by atoms with Gasteiger partial charge in [-0.25, -0.2) is 4.98 Å². The molecule has 2 fully saturated rings. The van der Waals surface area contributed by atoms with E-state index in [1.165, 1.54) is 72.3 Å². The summed E-state index contributed by atoms with van der Waals surface area (Å²) in [7, 11) is 0. The second-order valence-electron chi connectivity index (χ2n) is 17.9. The van der Waals surface area contributed by atoms with Crippen LogP contribution in [-0.4, -0.2) is 16.8 Å². The number of nitrogens with zero attached hydrogens (tertiary/aromatic N) is 1. The molecule has 314 valence electrons. The van der Waals surface area contributed by atoms with Crippen molar-refractivity contribution in [3.8, 4) is 22.3 Å². The molecule has 4 unspecified atom stereocenters. The molecule has 2 aliphatic carbocycles. The first-order valence-electron chi connectivity index (χ1n) is 22.2. The Kier molecular flexibility index (Phi) is 13.4. The van der Waals surface area contributed by atoms with Gasteiger partial charge in [0, 0.05) is 29.3 Å². The third kappa shape index (κ3) is 9.73. The van der Waals surface area contributed by atoms with Crippen LogP contribution in [0.1, 0.15) is 112 Å². The summed E-state index contributed by atoms with van der Waals surface area (Å²) in [5.41, 5.74) is 19.7. The van der Waals surface area contributed by atoms with Gasteiger partial charge in [0.2, 0.25) is 11.8 Å². The Labute approximate surface area is 364 Å². The number of benzene rings is 5. The molecule has 2 amide bonds. The summed E-state index contributed by atoms with van der Waals surface area (Å²) in [5, 5.41) is 6.32. The molecule has 1 aromatic heterocycles. The van der Waals surface area contributed by atoms with Gasteiger partial charge in [0.15, 0.2) is 0 Å². The normalized spacial score (nSPS) is 18.3. The van der Waals surface area contributed by atoms with Crippen LogP contribution in [0.15, 0.2) is 109 Å². The van der Waals surface area contributed by atoms with E-state index in [4.69, 9.17) is 0 Å². The Balaban J connectivity index is 0.000000184. The molecule has 0 bridgehead atoms. The number of carbonyl (C=O) groups excluding carboxylic acids is 2. The number of aryl methyl sites for hydroxylation is 9. The van der Waals surface area contributed by atoms with E-state index in [-0.39, 0.29) is 29.6 Å². The van der Waals surface area contributed by atoms with Gasteiger partial charge >= 0.3 is 0 Å². The van der Waals surface area contributed by atoms with E-state index in [2.05, 4.69) is 157 Å². The van der Waals surface area contributed by atoms with Crippen LogP contribution >= 0.6 is 0 Å². The minimum atomic E-state index is 0.00338. The van der Waals surface area contributed by atoms with Gasteiger partial charge in [-0.3, -0.25) is 9.59 Å². The molecule has 5 nitrogen and oxygen atoms in total. The van der Waals surface area contributed by atoms with Crippen LogP contribution in [0.5, 0.6) is 0 Å². The van der Waals surface area contributed by atoms with E-state index >= 15 is 0 Å². The van der Waals surface area contributed by atoms with Gasteiger partial charge in [-0.05, 0) is 202 Å². The Morgan fingerprint density at radius 1 is 0.459 bits per heavy atom. The van der Waals surface area contributed by atoms with Crippen molar-refractivity contribution < 1.29 is 9.59 Å². The van der Waals surface area contributed by atoms with Crippen LogP contribution in [0.25, 0.3) is 22.3 Å². The second kappa shape index (κ2) is 18.8. The van der Waals surface area contributed by atoms with Gasteiger partial charge < -0.3 is 10.6 Å². The Hall–Kier alpha value is -5.81. The number of hydrogen-bond donors (Lipinski definition) is 2. The summed E-state index contributed by atoms with van der Waals surface area (Å²) in [6, 6.07) is 36.1. The quantitative estimate of drug-likeness (QED) is 0.161. The Bertz CT molecular complexity index is 2550. The van der Waals surface area contributed by atoms with Crippen molar-refractivity contribution in [1.82, 2.24) is 4.98 Å². The predicted octanol–water partition coefficient (Wildman–Crippen LogP) is 13.9. The van der Waals surface area contributed by atoms with Gasteiger partial charge in [0.05, 0.1) is 0 Å². The fourth-order valence-corrected chi connectivity index (χ4v) is 9.89. The Morgan fingerprint density at radius 3 is 1.43 bits per heavy atom. The van der Waals surface area contributed by atoms with Crippen LogP contribution in [0.4, 0.5) is 11.5 Å². The molecule has 0 saturated heterocycles. The standard InChI is InChI=1S/C29H33NO.C27H30N2O/c1-18-9-6-7-10-24(18)23-13-14-28(22(5)16-23)30-29(31)26-12-8-11-25(26)27-17-20(3)19(2)15-21(27)4;1-17-8-5-6-9-22(17)21-12-13-26(28-16-21)29-27(30)24-11-7-10-23(24)25-15-19(3)18(2)14-20(25)4/h6-7,9-10,13-17,25-26H,8,11-12H2,1-5H3,(H,30,31);5-6,8-9,12-16,23-24H,7,10-11H2,1-4H3,(H,28,29,30). The van der Waals surface area contributed by atoms with Crippen molar-refractivity contribution in [3.63, 3.8) is 0 Å². The molecule has 61 heavy (non-hydrogen) atoms. The average Bonchev–Trinajstić information content (AvgIpc) is 3.94. The molecule has 5 heteroatoms. The van der Waals surface area contributed by atoms with Crippen molar-refractivity contribution in [2.75, 3.05) is 10.6 Å². The minimum absolute atomic E-state index is 0.00338. The highest BCUT2D eigenvalue weighted by Crippen LogP contribution is 2.44. The number of amides is 2. The zero-order valence-electron chi connectivity index (χ0n) is 37.7. The smallest absolute Gasteiger partial charge is 0.229 e. The lowest BCUT2D eigenvalue weighted by atomic mass is 9.84. The maximum absolute atomic E-state index is 13.3. The molecule has 4 atom stereocenters. The van der Waals surface area contributed by atoms with Crippen LogP contribution in [0.3, 0.4) is 0 Å². The van der Waals surface area contributed by atoms with Gasteiger partial charge in [-0.2, -0.15) is 0 Å². The summed E-state index contributed by atoms with van der Waals surface area (Å²) in [6.07, 6.45) is 8.10. The molecular weight excluding hydrogens is 747 g/mol. The summed E-state index contributed by atoms with van der Waals surface area (Å²) in [4.78, 5) is 30.9. The SMILES string of the molecule is Cc1cc(C)c(C2CCCC2C(=O)Nc2ccc(-c3ccccc3C)cc2C)cc1C.Cc1cc(C)c(C2CCCC2C(=O)Nc2ccc(-c3ccccc3C)cn2)cc1C. The number of aromatic nitrogens is 1. The first-order chi connectivity index (χ1) is 29.3. The van der Waals surface area contributed by atoms with E-state index < -0.39 is 0 Å². The van der Waals surface area contributed by atoms with Gasteiger partial charge in [-0.15, -0.1) is 0 Å². The number of pyridine rings is 1. The fourth-order valence-electron chi connectivity index (χ4n) is 9.89. The molecule has 6 aromatic rings. The molecular formula is C56H63N3O2. The van der Waals surface area contributed by atoms with Gasteiger partial charge in [0.25, 0.3) is 0 Å². The van der Waals surface area contributed by atoms with E-state index in [0.717, 1.165) is 55.3 Å². The van der Waals surface area contributed by atoms with Gasteiger partial charge in [0.1, 0.15) is 5.82 Å². The highest BCUT2D eigenvalue weighted by molar-refractivity contribution is 5.95. The van der Waals surface area contributed by atoms with E-state index in [9.17, 15) is 9.59 Å². The first kappa shape index (κ1) is 43.3. The lowest BCUT2D eigenvalue weighted by Crippen LogP contribution is -2.25. The number of carbonyl (C=O) groups is 2. The minimum Gasteiger partial charge on any atom is -0.326 e. The third-order valence-corrected chi connectivity index (χ3v) is 13.7. The summed E-state index contributed by atoms with van der Waals surface area (Å²) in [6.45, 7) is 19.3. The number of nitrogens with one attached hydrogen (secondary N) is 2. The van der Waals surface area contributed by atoms with Crippen molar-refractivity contribution in [3.05, 3.63) is 171 Å². The fraction of sp³-hybridized carbons (Fsp3) is 0.339. The monoisotopic (exact) mass is 809 g/mol. The van der Waals surface area contributed by atoms with Gasteiger partial charge in [-0.1, -0.05) is 91.7 Å². The van der Waals surface area contributed by atoms with Crippen LogP contribution < -0.4 is 10.6 Å². The largest absolute Gasteiger partial charge is 0.326 e. The average molecular weight is 810 g/mol. The van der Waals surface area contributed by atoms with Crippen molar-refractivity contribution in [1.29, 1.82) is 0 Å². The van der Waals surface area contributed by atoms with E-state index in [1.54, 1.807) is 0 Å². The topological polar surface area (TPSA) is 71.1 Å². The summed E-state index contributed by atoms with van der Waals surface area (Å²) >= 11 is 0. The third-order valence-electron chi connectivity index (χ3n) is 13.7. The highest BCUT2D eigenvalue weighted by Gasteiger charge is 2.36.